The lowest BCUT2D eigenvalue weighted by atomic mass is 9.86. The fourth-order valence-electron chi connectivity index (χ4n) is 14.0. The van der Waals surface area contributed by atoms with Crippen LogP contribution in [0.4, 0.5) is 14.4 Å². The molecule has 3 aromatic heterocycles. The number of rotatable bonds is 23. The zero-order valence-electron chi connectivity index (χ0n) is 58.5. The van der Waals surface area contributed by atoms with Crippen molar-refractivity contribution >= 4 is 85.8 Å². The zero-order valence-corrected chi connectivity index (χ0v) is 60.7. The molecule has 3 amide bonds. The van der Waals surface area contributed by atoms with E-state index in [-0.39, 0.29) is 88.1 Å². The molecular formula is C80H91Cl3N6O15. The van der Waals surface area contributed by atoms with Gasteiger partial charge in [-0.1, -0.05) is 91.5 Å². The minimum atomic E-state index is -0.933. The van der Waals surface area contributed by atoms with E-state index in [9.17, 15) is 34.8 Å². The number of nitrogens with zero attached hydrogens (tertiary/aromatic N) is 3. The first kappa shape index (κ1) is 74.1. The van der Waals surface area contributed by atoms with Gasteiger partial charge in [-0.2, -0.15) is 0 Å². The lowest BCUT2D eigenvalue weighted by molar-refractivity contribution is 0.0114. The van der Waals surface area contributed by atoms with Crippen molar-refractivity contribution in [1.82, 2.24) is 29.7 Å². The van der Waals surface area contributed by atoms with Crippen LogP contribution in [-0.4, -0.2) is 176 Å². The Labute approximate surface area is 618 Å². The fraction of sp³-hybridized carbons (Fsp3) is 0.438. The lowest BCUT2D eigenvalue weighted by Gasteiger charge is -2.36. The summed E-state index contributed by atoms with van der Waals surface area (Å²) >= 11 is 18.8. The quantitative estimate of drug-likeness (QED) is 0.0269. The van der Waals surface area contributed by atoms with E-state index in [0.717, 1.165) is 116 Å². The van der Waals surface area contributed by atoms with Crippen LogP contribution in [0.3, 0.4) is 0 Å². The summed E-state index contributed by atoms with van der Waals surface area (Å²) in [5.74, 6) is 2.76. The van der Waals surface area contributed by atoms with E-state index in [0.29, 0.717) is 109 Å². The van der Waals surface area contributed by atoms with Gasteiger partial charge >= 0.3 is 18.3 Å². The Morgan fingerprint density at radius 2 is 0.865 bits per heavy atom. The maximum absolute atomic E-state index is 13.2. The van der Waals surface area contributed by atoms with E-state index in [1.165, 1.54) is 12.0 Å². The van der Waals surface area contributed by atoms with Crippen LogP contribution >= 0.6 is 34.8 Å². The predicted octanol–water partition coefficient (Wildman–Crippen LogP) is 14.0. The van der Waals surface area contributed by atoms with Gasteiger partial charge in [0.15, 0.2) is 0 Å². The van der Waals surface area contributed by atoms with Gasteiger partial charge in [-0.05, 0) is 200 Å². The molecule has 9 aromatic rings. The fourth-order valence-corrected chi connectivity index (χ4v) is 14.5. The van der Waals surface area contributed by atoms with Gasteiger partial charge in [0, 0.05) is 89.9 Å². The Balaban J connectivity index is 0.000000139. The third-order valence-corrected chi connectivity index (χ3v) is 22.0. The van der Waals surface area contributed by atoms with Gasteiger partial charge in [-0.15, -0.1) is 0 Å². The summed E-state index contributed by atoms with van der Waals surface area (Å²) in [5.41, 5.74) is 11.6. The van der Waals surface area contributed by atoms with Crippen LogP contribution in [0.15, 0.2) is 127 Å². The SMILES string of the molecule is CC1(COC(=O)N2CCc3c([nH]c4ccc(Cl)cc34)[C@@H]2c2ccc(OC[C@@H](O)CO)cc2)CC1.CCC(CO)(CO)COc1ccc([C@H]2c3[nH]c4ccc(Cl)cc4c3CCN2C(=O)OCC2CC2)cc1.O=C(OCC1CCC1)N1CCc2c([nH]c3ccc(Cl)cc23)[C@@H]1c1ccc(OC[C@@H](O)CO)cc1. The number of carbonyl (C=O) groups is 3. The molecule has 104 heavy (non-hydrogen) atoms. The van der Waals surface area contributed by atoms with Crippen molar-refractivity contribution in [2.24, 2.45) is 22.7 Å². The summed E-state index contributed by atoms with van der Waals surface area (Å²) in [4.78, 5) is 55.5. The molecular weight excluding hydrogens is 1390 g/mol. The molecule has 3 aliphatic heterocycles. The van der Waals surface area contributed by atoms with Gasteiger partial charge in [0.25, 0.3) is 0 Å². The summed E-state index contributed by atoms with van der Waals surface area (Å²) in [6.45, 7) is 6.27. The molecule has 3 saturated carbocycles. The van der Waals surface area contributed by atoms with Crippen LogP contribution in [0, 0.1) is 22.7 Å². The van der Waals surface area contributed by atoms with Crippen LogP contribution in [0.5, 0.6) is 17.2 Å². The smallest absolute Gasteiger partial charge is 0.410 e. The van der Waals surface area contributed by atoms with Crippen LogP contribution in [-0.2, 0) is 33.5 Å². The van der Waals surface area contributed by atoms with Crippen molar-refractivity contribution in [3.05, 3.63) is 193 Å². The number of amides is 3. The molecule has 0 radical (unpaired) electrons. The standard InChI is InChI=1S/C28H33ClN2O5.2C26H29ClN2O5/c1-2-28(15-32,16-33)17-36-21-8-5-19(6-9-21)26-25-22(23-13-20(29)7-10-24(23)30-25)11-12-31(26)27(34)35-14-18-3-4-18;1-26(9-10-26)15-34-25(32)29-11-8-20-21-12-17(27)4-7-22(21)28-23(20)24(29)16-2-5-19(6-3-16)33-14-18(31)13-30;27-18-6-9-23-22(12-18)21-10-11-29(26(32)34-14-16-2-1-3-16)25(24(21)28-23)17-4-7-20(8-5-17)33-15-19(31)13-30/h5-10,13,18,26,30,32-33H,2-4,11-12,14-17H2,1H3;2-7,12,18,24,28,30-31H,8-11,13-15H2,1H3;4-9,12,16,19,25,28,30-31H,1-3,10-11,13-15H2/t26-;18-,24-;19-,25-/m000/s1. The molecule has 24 heteroatoms. The van der Waals surface area contributed by atoms with E-state index >= 15 is 0 Å². The topological polar surface area (TPSA) is 285 Å². The number of aromatic nitrogens is 3. The molecule has 0 spiro atoms. The summed E-state index contributed by atoms with van der Waals surface area (Å²) in [6.07, 6.45) is 7.83. The van der Waals surface area contributed by atoms with E-state index in [1.54, 1.807) is 14.7 Å². The molecule has 3 fully saturated rings. The number of ether oxygens (including phenoxy) is 6. The first-order chi connectivity index (χ1) is 50.4. The van der Waals surface area contributed by atoms with E-state index in [4.69, 9.17) is 73.4 Å². The monoisotopic (exact) mass is 1480 g/mol. The van der Waals surface area contributed by atoms with Crippen LogP contribution < -0.4 is 14.2 Å². The second-order valence-electron chi connectivity index (χ2n) is 28.9. The summed E-state index contributed by atoms with van der Waals surface area (Å²) in [6, 6.07) is 39.0. The Kier molecular flexibility index (Phi) is 23.3. The number of aliphatic hydroxyl groups excluding tert-OH is 6. The molecule has 6 heterocycles. The van der Waals surface area contributed by atoms with Gasteiger partial charge < -0.3 is 74.0 Å². The second kappa shape index (κ2) is 32.7. The van der Waals surface area contributed by atoms with Gasteiger partial charge in [-0.25, -0.2) is 14.4 Å². The number of aromatic amines is 3. The van der Waals surface area contributed by atoms with E-state index in [1.807, 2.05) is 134 Å². The minimum absolute atomic E-state index is 0.00339. The molecule has 6 aliphatic rings. The van der Waals surface area contributed by atoms with Crippen LogP contribution in [0.2, 0.25) is 15.1 Å². The van der Waals surface area contributed by atoms with Gasteiger partial charge in [0.1, 0.15) is 60.8 Å². The number of hydrogen-bond acceptors (Lipinski definition) is 15. The Hall–Kier alpha value is -8.22. The molecule has 15 rings (SSSR count). The zero-order chi connectivity index (χ0) is 72.8. The summed E-state index contributed by atoms with van der Waals surface area (Å²) < 4.78 is 34.2. The number of hydrogen-bond donors (Lipinski definition) is 9. The van der Waals surface area contributed by atoms with Crippen molar-refractivity contribution < 1.29 is 73.4 Å². The van der Waals surface area contributed by atoms with Gasteiger partial charge in [-0.3, -0.25) is 14.7 Å². The van der Waals surface area contributed by atoms with E-state index < -0.39 is 17.6 Å². The van der Waals surface area contributed by atoms with Gasteiger partial charge in [0.2, 0.25) is 0 Å². The van der Waals surface area contributed by atoms with Crippen LogP contribution in [0.25, 0.3) is 32.7 Å². The molecule has 21 nitrogen and oxygen atoms in total. The highest BCUT2D eigenvalue weighted by atomic mass is 35.5. The molecule has 0 saturated heterocycles. The number of fused-ring (bicyclic) bond motifs is 9. The average molecular weight is 1480 g/mol. The minimum Gasteiger partial charge on any atom is -0.493 e. The normalized spacial score (nSPS) is 18.7. The first-order valence-corrected chi connectivity index (χ1v) is 37.2. The van der Waals surface area contributed by atoms with Crippen molar-refractivity contribution in [3.63, 3.8) is 0 Å². The molecule has 5 atom stereocenters. The van der Waals surface area contributed by atoms with Crippen molar-refractivity contribution in [1.29, 1.82) is 0 Å². The molecule has 6 aromatic carbocycles. The molecule has 3 aliphatic carbocycles. The van der Waals surface area contributed by atoms with Crippen molar-refractivity contribution in [2.75, 3.05) is 85.7 Å². The number of carbonyl (C=O) groups excluding carboxylic acids is 3. The Bertz CT molecular complexity index is 4450. The van der Waals surface area contributed by atoms with E-state index in [2.05, 4.69) is 21.9 Å². The van der Waals surface area contributed by atoms with Crippen molar-refractivity contribution in [2.45, 2.75) is 115 Å². The van der Waals surface area contributed by atoms with Crippen molar-refractivity contribution in [3.8, 4) is 17.2 Å². The molecule has 9 N–H and O–H groups in total. The average Bonchev–Trinajstić information content (AvgIpc) is 1.59. The third-order valence-electron chi connectivity index (χ3n) is 21.3. The van der Waals surface area contributed by atoms with Crippen LogP contribution in [0.1, 0.15) is 134 Å². The lowest BCUT2D eigenvalue weighted by Crippen LogP contribution is -2.41. The maximum atomic E-state index is 13.2. The highest BCUT2D eigenvalue weighted by Crippen LogP contribution is 2.47. The number of halogens is 3. The number of aliphatic hydroxyl groups is 6. The third kappa shape index (κ3) is 16.9. The first-order valence-electron chi connectivity index (χ1n) is 36.0. The predicted molar refractivity (Wildman–Crippen MR) is 397 cm³/mol. The number of benzene rings is 6. The second-order valence-corrected chi connectivity index (χ2v) is 30.2. The number of nitrogens with one attached hydrogen (secondary N) is 3. The van der Waals surface area contributed by atoms with Gasteiger partial charge in [0.05, 0.1) is 58.3 Å². The maximum Gasteiger partial charge on any atom is 0.410 e. The highest BCUT2D eigenvalue weighted by molar-refractivity contribution is 6.32. The number of H-pyrrole nitrogens is 3. The summed E-state index contributed by atoms with van der Waals surface area (Å²) in [7, 11) is 0. The largest absolute Gasteiger partial charge is 0.493 e. The molecule has 0 bridgehead atoms. The highest BCUT2D eigenvalue weighted by Gasteiger charge is 2.43. The molecule has 0 unspecified atom stereocenters. The summed E-state index contributed by atoms with van der Waals surface area (Å²) in [5, 5.41) is 61.7. The Morgan fingerprint density at radius 3 is 1.18 bits per heavy atom. The molecule has 552 valence electrons. The Morgan fingerprint density at radius 1 is 0.510 bits per heavy atom.